The van der Waals surface area contributed by atoms with Gasteiger partial charge in [0.15, 0.2) is 0 Å². The molecule has 1 aliphatic rings. The molecule has 5 nitrogen and oxygen atoms in total. The van der Waals surface area contributed by atoms with Crippen LogP contribution in [0.2, 0.25) is 0 Å². The number of hydrogen-bond acceptors (Lipinski definition) is 3. The van der Waals surface area contributed by atoms with Crippen LogP contribution in [0.5, 0.6) is 0 Å². The largest absolute Gasteiger partial charge is 0.359 e. The molecule has 2 unspecified atom stereocenters. The lowest BCUT2D eigenvalue weighted by molar-refractivity contribution is -0.134. The molecule has 1 saturated heterocycles. The summed E-state index contributed by atoms with van der Waals surface area (Å²) in [7, 11) is 1.60. The molecule has 1 heterocycles. The smallest absolute Gasteiger partial charge is 0.239 e. The number of rotatable bonds is 3. The summed E-state index contributed by atoms with van der Waals surface area (Å²) >= 11 is 0. The summed E-state index contributed by atoms with van der Waals surface area (Å²) in [5.74, 6) is -0.775. The van der Waals surface area contributed by atoms with Crippen molar-refractivity contribution >= 4 is 11.8 Å². The molecule has 0 saturated carbocycles. The molecule has 0 bridgehead atoms. The van der Waals surface area contributed by atoms with E-state index in [1.807, 2.05) is 19.9 Å². The van der Waals surface area contributed by atoms with Crippen LogP contribution in [0.15, 0.2) is 0 Å². The first kappa shape index (κ1) is 13.5. The molecule has 1 aliphatic heterocycles. The van der Waals surface area contributed by atoms with Crippen LogP contribution in [-0.2, 0) is 9.59 Å². The van der Waals surface area contributed by atoms with E-state index in [2.05, 4.69) is 5.32 Å². The Morgan fingerprint density at radius 3 is 2.71 bits per heavy atom. The lowest BCUT2D eigenvalue weighted by Crippen LogP contribution is -2.41. The zero-order valence-electron chi connectivity index (χ0n) is 10.6. The van der Waals surface area contributed by atoms with Crippen molar-refractivity contribution < 1.29 is 9.59 Å². The molecular weight excluding hydrogens is 218 g/mol. The predicted molar refractivity (Wildman–Crippen MR) is 62.8 cm³/mol. The molecule has 0 aromatic heterocycles. The van der Waals surface area contributed by atoms with E-state index in [0.717, 1.165) is 0 Å². The molecule has 2 amide bonds. The summed E-state index contributed by atoms with van der Waals surface area (Å²) in [4.78, 5) is 25.3. The van der Waals surface area contributed by atoms with Gasteiger partial charge in [-0.05, 0) is 19.8 Å². The monoisotopic (exact) mass is 237 g/mol. The molecule has 0 radical (unpaired) electrons. The number of likely N-dealkylation sites (tertiary alicyclic amines) is 1. The van der Waals surface area contributed by atoms with Gasteiger partial charge in [0, 0.05) is 20.1 Å². The summed E-state index contributed by atoms with van der Waals surface area (Å²) < 4.78 is 0. The first-order chi connectivity index (χ1) is 7.98. The minimum atomic E-state index is -0.581. The second-order valence-electron chi connectivity index (χ2n) is 4.74. The topological polar surface area (TPSA) is 73.2 Å². The number of nitrogens with zero attached hydrogens (tertiary/aromatic N) is 2. The molecule has 0 spiro atoms. The second kappa shape index (κ2) is 5.17. The number of nitriles is 1. The third kappa shape index (κ3) is 2.57. The lowest BCUT2D eigenvalue weighted by atomic mass is 9.89. The molecule has 1 fully saturated rings. The molecule has 1 N–H and O–H groups in total. The molecular formula is C12H19N3O2. The van der Waals surface area contributed by atoms with Gasteiger partial charge in [0.1, 0.15) is 5.92 Å². The third-order valence-electron chi connectivity index (χ3n) is 3.42. The van der Waals surface area contributed by atoms with Crippen molar-refractivity contribution in [3.8, 4) is 6.07 Å². The Morgan fingerprint density at radius 1 is 1.59 bits per heavy atom. The minimum absolute atomic E-state index is 0.0437. The van der Waals surface area contributed by atoms with Gasteiger partial charge in [-0.3, -0.25) is 9.59 Å². The Hall–Kier alpha value is -1.57. The number of hydrogen-bond donors (Lipinski definition) is 1. The predicted octanol–water partition coefficient (Wildman–Crippen LogP) is 0.521. The van der Waals surface area contributed by atoms with Crippen LogP contribution in [0.1, 0.15) is 26.7 Å². The van der Waals surface area contributed by atoms with Gasteiger partial charge < -0.3 is 10.2 Å². The Kier molecular flexibility index (Phi) is 4.11. The van der Waals surface area contributed by atoms with Crippen molar-refractivity contribution in [2.75, 3.05) is 20.1 Å². The van der Waals surface area contributed by atoms with E-state index in [-0.39, 0.29) is 11.8 Å². The van der Waals surface area contributed by atoms with E-state index < -0.39 is 11.3 Å². The highest BCUT2D eigenvalue weighted by molar-refractivity contribution is 5.86. The van der Waals surface area contributed by atoms with Crippen molar-refractivity contribution in [1.29, 1.82) is 5.26 Å². The quantitative estimate of drug-likeness (QED) is 0.777. The molecule has 17 heavy (non-hydrogen) atoms. The Balaban J connectivity index is 2.71. The van der Waals surface area contributed by atoms with Crippen molar-refractivity contribution in [2.45, 2.75) is 26.7 Å². The maximum absolute atomic E-state index is 12.0. The van der Waals surface area contributed by atoms with Crippen LogP contribution >= 0.6 is 0 Å². The average Bonchev–Trinajstić information content (AvgIpc) is 2.73. The maximum Gasteiger partial charge on any atom is 0.239 e. The van der Waals surface area contributed by atoms with Crippen LogP contribution in [0.3, 0.4) is 0 Å². The van der Waals surface area contributed by atoms with Gasteiger partial charge in [-0.2, -0.15) is 5.26 Å². The van der Waals surface area contributed by atoms with Gasteiger partial charge in [-0.15, -0.1) is 0 Å². The third-order valence-corrected chi connectivity index (χ3v) is 3.42. The fraction of sp³-hybridized carbons (Fsp3) is 0.750. The van der Waals surface area contributed by atoms with Crippen LogP contribution in [0, 0.1) is 22.7 Å². The first-order valence-corrected chi connectivity index (χ1v) is 5.89. The molecule has 2 atom stereocenters. The first-order valence-electron chi connectivity index (χ1n) is 5.89. The minimum Gasteiger partial charge on any atom is -0.359 e. The van der Waals surface area contributed by atoms with E-state index >= 15 is 0 Å². The molecule has 94 valence electrons. The molecule has 0 aliphatic carbocycles. The molecule has 0 aromatic carbocycles. The van der Waals surface area contributed by atoms with Crippen molar-refractivity contribution in [3.05, 3.63) is 0 Å². The highest BCUT2D eigenvalue weighted by Crippen LogP contribution is 2.31. The zero-order chi connectivity index (χ0) is 13.1. The van der Waals surface area contributed by atoms with E-state index in [0.29, 0.717) is 25.9 Å². The number of amides is 2. The summed E-state index contributed by atoms with van der Waals surface area (Å²) in [6.45, 7) is 4.64. The van der Waals surface area contributed by atoms with Gasteiger partial charge in [0.2, 0.25) is 11.8 Å². The zero-order valence-corrected chi connectivity index (χ0v) is 10.6. The number of nitrogens with one attached hydrogen (secondary N) is 1. The molecule has 5 heteroatoms. The second-order valence-corrected chi connectivity index (χ2v) is 4.74. The summed E-state index contributed by atoms with van der Waals surface area (Å²) in [5.41, 5.74) is -0.516. The molecule has 1 rings (SSSR count). The summed E-state index contributed by atoms with van der Waals surface area (Å²) in [6, 6.07) is 2.01. The van der Waals surface area contributed by atoms with Crippen LogP contribution < -0.4 is 5.32 Å². The Labute approximate surface area is 102 Å². The summed E-state index contributed by atoms with van der Waals surface area (Å²) in [6.07, 6.45) is 1.17. The summed E-state index contributed by atoms with van der Waals surface area (Å²) in [5, 5.41) is 11.5. The molecule has 0 aromatic rings. The Bertz CT molecular complexity index is 361. The van der Waals surface area contributed by atoms with E-state index in [9.17, 15) is 9.59 Å². The maximum atomic E-state index is 12.0. The fourth-order valence-electron chi connectivity index (χ4n) is 2.18. The normalized spacial score (nSPS) is 25.2. The van der Waals surface area contributed by atoms with Crippen LogP contribution in [0.25, 0.3) is 0 Å². The van der Waals surface area contributed by atoms with E-state index in [1.54, 1.807) is 11.9 Å². The van der Waals surface area contributed by atoms with Crippen molar-refractivity contribution in [3.63, 3.8) is 0 Å². The highest BCUT2D eigenvalue weighted by atomic mass is 16.2. The number of carbonyl (C=O) groups is 2. The SMILES string of the molecule is CCC(C#N)C(=O)N1CCC(C)(C(=O)NC)C1. The van der Waals surface area contributed by atoms with Crippen LogP contribution in [0.4, 0.5) is 0 Å². The fourth-order valence-corrected chi connectivity index (χ4v) is 2.18. The van der Waals surface area contributed by atoms with Gasteiger partial charge >= 0.3 is 0 Å². The van der Waals surface area contributed by atoms with Gasteiger partial charge in [-0.25, -0.2) is 0 Å². The van der Waals surface area contributed by atoms with Gasteiger partial charge in [-0.1, -0.05) is 6.92 Å². The average molecular weight is 237 g/mol. The van der Waals surface area contributed by atoms with Crippen LogP contribution in [-0.4, -0.2) is 36.9 Å². The van der Waals surface area contributed by atoms with E-state index in [1.165, 1.54) is 0 Å². The van der Waals surface area contributed by atoms with E-state index in [4.69, 9.17) is 5.26 Å². The Morgan fingerprint density at radius 2 is 2.24 bits per heavy atom. The van der Waals surface area contributed by atoms with Gasteiger partial charge in [0.05, 0.1) is 11.5 Å². The lowest BCUT2D eigenvalue weighted by Gasteiger charge is -2.23. The van der Waals surface area contributed by atoms with Gasteiger partial charge in [0.25, 0.3) is 0 Å². The number of carbonyl (C=O) groups excluding carboxylic acids is 2. The van der Waals surface area contributed by atoms with Crippen molar-refractivity contribution in [2.24, 2.45) is 11.3 Å². The van der Waals surface area contributed by atoms with Crippen molar-refractivity contribution in [1.82, 2.24) is 10.2 Å². The highest BCUT2D eigenvalue weighted by Gasteiger charge is 2.42. The standard InChI is InChI=1S/C12H19N3O2/c1-4-9(7-13)10(16)15-6-5-12(2,8-15)11(17)14-3/h9H,4-6,8H2,1-3H3,(H,14,17).